The molecule has 0 aromatic heterocycles. The molecule has 0 N–H and O–H groups in total. The molecule has 1 aromatic carbocycles. The second kappa shape index (κ2) is 7.18. The number of ether oxygens (including phenoxy) is 1. The molecule has 2 aliphatic heterocycles. The third-order valence-corrected chi connectivity index (χ3v) is 7.47. The average molecular weight is 383 g/mol. The van der Waals surface area contributed by atoms with E-state index in [1.807, 2.05) is 29.2 Å². The number of rotatable bonds is 2. The van der Waals surface area contributed by atoms with Gasteiger partial charge >= 0.3 is 0 Å². The van der Waals surface area contributed by atoms with Gasteiger partial charge in [-0.15, -0.1) is 0 Å². The third kappa shape index (κ3) is 2.70. The molecule has 0 unspecified atom stereocenters. The summed E-state index contributed by atoms with van der Waals surface area (Å²) in [6.07, 6.45) is 8.64. The number of carbonyl (C=O) groups excluding carboxylic acids is 2. The third-order valence-electron chi connectivity index (χ3n) is 7.47. The lowest BCUT2D eigenvalue weighted by atomic mass is 9.70. The second-order valence-electron chi connectivity index (χ2n) is 8.88. The van der Waals surface area contributed by atoms with Crippen LogP contribution in [-0.2, 0) is 9.53 Å². The van der Waals surface area contributed by atoms with Crippen molar-refractivity contribution >= 4 is 11.8 Å². The van der Waals surface area contributed by atoms with Crippen molar-refractivity contribution in [2.45, 2.75) is 68.9 Å². The number of nitrogens with zero attached hydrogens (tertiary/aromatic N) is 2. The number of morpholine rings is 1. The molecule has 4 aliphatic rings. The summed E-state index contributed by atoms with van der Waals surface area (Å²) >= 11 is 0. The fraction of sp³-hybridized carbons (Fsp3) is 0.652. The zero-order chi connectivity index (χ0) is 19.1. The number of fused-ring (bicyclic) bond motifs is 1. The van der Waals surface area contributed by atoms with Crippen LogP contribution >= 0.6 is 0 Å². The number of hydrogen-bond donors (Lipinski definition) is 0. The summed E-state index contributed by atoms with van der Waals surface area (Å²) in [5.41, 5.74) is 1.37. The molecule has 5 heteroatoms. The van der Waals surface area contributed by atoms with Crippen LogP contribution < -0.4 is 0 Å². The zero-order valence-corrected chi connectivity index (χ0v) is 16.6. The highest BCUT2D eigenvalue weighted by Gasteiger charge is 2.58. The maximum absolute atomic E-state index is 13.9. The van der Waals surface area contributed by atoms with Crippen molar-refractivity contribution in [1.29, 1.82) is 0 Å². The average Bonchev–Trinajstić information content (AvgIpc) is 3.42. The molecule has 0 radical (unpaired) electrons. The smallest absolute Gasteiger partial charge is 0.254 e. The molecule has 1 spiro atoms. The monoisotopic (exact) mass is 382 g/mol. The van der Waals surface area contributed by atoms with Gasteiger partial charge in [-0.2, -0.15) is 0 Å². The van der Waals surface area contributed by atoms with E-state index in [1.165, 1.54) is 12.8 Å². The SMILES string of the molecule is O=C([C@@H]1c2ccccc2C(=O)N(C2CCCC2)C12CCCC2)N1CCOCC1. The zero-order valence-electron chi connectivity index (χ0n) is 16.6. The predicted octanol–water partition coefficient (Wildman–Crippen LogP) is 3.34. The first-order chi connectivity index (χ1) is 13.7. The van der Waals surface area contributed by atoms with Gasteiger partial charge in [-0.1, -0.05) is 43.9 Å². The molecule has 150 valence electrons. The minimum atomic E-state index is -0.337. The number of carbonyl (C=O) groups is 2. The van der Waals surface area contributed by atoms with Crippen LogP contribution in [0.4, 0.5) is 0 Å². The highest BCUT2D eigenvalue weighted by molar-refractivity contribution is 6.02. The molecular formula is C23H30N2O3. The van der Waals surface area contributed by atoms with E-state index in [0.717, 1.165) is 49.7 Å². The van der Waals surface area contributed by atoms with Crippen LogP contribution in [0.2, 0.25) is 0 Å². The Labute approximate surface area is 167 Å². The molecule has 5 rings (SSSR count). The van der Waals surface area contributed by atoms with Crippen molar-refractivity contribution in [1.82, 2.24) is 9.80 Å². The lowest BCUT2D eigenvalue weighted by molar-refractivity contribution is -0.141. The van der Waals surface area contributed by atoms with Crippen molar-refractivity contribution in [3.05, 3.63) is 35.4 Å². The van der Waals surface area contributed by atoms with Gasteiger partial charge in [0.25, 0.3) is 5.91 Å². The van der Waals surface area contributed by atoms with E-state index >= 15 is 0 Å². The van der Waals surface area contributed by atoms with Crippen molar-refractivity contribution < 1.29 is 14.3 Å². The Morgan fingerprint density at radius 3 is 2.39 bits per heavy atom. The molecule has 28 heavy (non-hydrogen) atoms. The van der Waals surface area contributed by atoms with Gasteiger partial charge in [0, 0.05) is 24.7 Å². The highest BCUT2D eigenvalue weighted by atomic mass is 16.5. The van der Waals surface area contributed by atoms with Gasteiger partial charge in [-0.25, -0.2) is 0 Å². The molecular weight excluding hydrogens is 352 g/mol. The van der Waals surface area contributed by atoms with Crippen LogP contribution in [0.25, 0.3) is 0 Å². The van der Waals surface area contributed by atoms with E-state index in [0.29, 0.717) is 32.3 Å². The summed E-state index contributed by atoms with van der Waals surface area (Å²) in [5, 5.41) is 0. The fourth-order valence-electron chi connectivity index (χ4n) is 6.24. The maximum atomic E-state index is 13.9. The summed E-state index contributed by atoms with van der Waals surface area (Å²) in [6.45, 7) is 2.53. The quantitative estimate of drug-likeness (QED) is 0.788. The standard InChI is InChI=1S/C23H30N2O3/c26-21-19-10-4-3-9-18(19)20(22(27)24-13-15-28-16-14-24)23(11-5-6-12-23)25(21)17-7-1-2-8-17/h3-4,9-10,17,20H,1-2,5-8,11-16H2/t20-/m0/s1. The minimum Gasteiger partial charge on any atom is -0.378 e. The van der Waals surface area contributed by atoms with Crippen LogP contribution in [0.3, 0.4) is 0 Å². The Balaban J connectivity index is 1.64. The number of amides is 2. The summed E-state index contributed by atoms with van der Waals surface area (Å²) in [4.78, 5) is 31.8. The molecule has 2 amide bonds. The molecule has 1 aromatic rings. The fourth-order valence-corrected chi connectivity index (χ4v) is 6.24. The van der Waals surface area contributed by atoms with Crippen molar-refractivity contribution in [3.63, 3.8) is 0 Å². The Bertz CT molecular complexity index is 759. The minimum absolute atomic E-state index is 0.162. The first-order valence-electron chi connectivity index (χ1n) is 11.0. The second-order valence-corrected chi connectivity index (χ2v) is 8.88. The summed E-state index contributed by atoms with van der Waals surface area (Å²) in [7, 11) is 0. The highest BCUT2D eigenvalue weighted by Crippen LogP contribution is 2.53. The van der Waals surface area contributed by atoms with Crippen molar-refractivity contribution in [3.8, 4) is 0 Å². The van der Waals surface area contributed by atoms with Gasteiger partial charge in [0.2, 0.25) is 5.91 Å². The van der Waals surface area contributed by atoms with Crippen LogP contribution in [0.5, 0.6) is 0 Å². The van der Waals surface area contributed by atoms with E-state index in [4.69, 9.17) is 4.74 Å². The van der Waals surface area contributed by atoms with Crippen LogP contribution in [0.15, 0.2) is 24.3 Å². The molecule has 5 nitrogen and oxygen atoms in total. The lowest BCUT2D eigenvalue weighted by Gasteiger charge is -2.53. The molecule has 3 fully saturated rings. The number of benzene rings is 1. The largest absolute Gasteiger partial charge is 0.378 e. The van der Waals surface area contributed by atoms with Crippen LogP contribution in [-0.4, -0.2) is 59.5 Å². The summed E-state index contributed by atoms with van der Waals surface area (Å²) in [5.74, 6) is 0.131. The maximum Gasteiger partial charge on any atom is 0.254 e. The molecule has 1 atom stereocenters. The van der Waals surface area contributed by atoms with Crippen LogP contribution in [0, 0.1) is 0 Å². The van der Waals surface area contributed by atoms with Gasteiger partial charge in [-0.05, 0) is 37.3 Å². The van der Waals surface area contributed by atoms with E-state index in [9.17, 15) is 9.59 Å². The van der Waals surface area contributed by atoms with E-state index in [1.54, 1.807) is 0 Å². The van der Waals surface area contributed by atoms with E-state index in [2.05, 4.69) is 4.90 Å². The predicted molar refractivity (Wildman–Crippen MR) is 106 cm³/mol. The Morgan fingerprint density at radius 1 is 1.00 bits per heavy atom. The molecule has 0 bridgehead atoms. The van der Waals surface area contributed by atoms with Gasteiger partial charge in [-0.3, -0.25) is 9.59 Å². The molecule has 2 saturated carbocycles. The van der Waals surface area contributed by atoms with Crippen molar-refractivity contribution in [2.24, 2.45) is 0 Å². The Kier molecular flexibility index (Phi) is 4.66. The molecule has 1 saturated heterocycles. The van der Waals surface area contributed by atoms with E-state index in [-0.39, 0.29) is 23.3 Å². The van der Waals surface area contributed by atoms with Crippen LogP contribution in [0.1, 0.15) is 73.2 Å². The molecule has 2 heterocycles. The van der Waals surface area contributed by atoms with Crippen molar-refractivity contribution in [2.75, 3.05) is 26.3 Å². The normalized spacial score (nSPS) is 27.4. The molecule has 2 aliphatic carbocycles. The summed E-state index contributed by atoms with van der Waals surface area (Å²) < 4.78 is 5.48. The summed E-state index contributed by atoms with van der Waals surface area (Å²) in [6, 6.07) is 8.18. The topological polar surface area (TPSA) is 49.9 Å². The van der Waals surface area contributed by atoms with Gasteiger partial charge < -0.3 is 14.5 Å². The van der Waals surface area contributed by atoms with Gasteiger partial charge in [0.05, 0.1) is 24.7 Å². The van der Waals surface area contributed by atoms with E-state index < -0.39 is 0 Å². The number of hydrogen-bond acceptors (Lipinski definition) is 3. The lowest BCUT2D eigenvalue weighted by Crippen LogP contribution is -2.63. The van der Waals surface area contributed by atoms with Gasteiger partial charge in [0.15, 0.2) is 0 Å². The Morgan fingerprint density at radius 2 is 1.68 bits per heavy atom. The first-order valence-corrected chi connectivity index (χ1v) is 11.0. The Hall–Kier alpha value is -1.88. The first kappa shape index (κ1) is 18.2. The van der Waals surface area contributed by atoms with Gasteiger partial charge in [0.1, 0.15) is 0 Å².